The molecule has 0 bridgehead atoms. The molecule has 1 aromatic heterocycles. The van der Waals surface area contributed by atoms with E-state index in [0.717, 1.165) is 14.2 Å². The highest BCUT2D eigenvalue weighted by atomic mass is 79.9. The maximum absolute atomic E-state index is 12.2. The molecule has 2 nitrogen and oxygen atoms in total. The zero-order valence-electron chi connectivity index (χ0n) is 6.88. The molecule has 0 aliphatic rings. The Hall–Kier alpha value is 0.0600. The van der Waals surface area contributed by atoms with E-state index in [0.29, 0.717) is 0 Å². The molecule has 0 saturated carbocycles. The standard InChI is InChI=1S/C7H8BrFO2S2/c1-5-4-6(8)7(12-5)2-3-13(9,10)11/h4H,2-3H2,1H3. The van der Waals surface area contributed by atoms with Gasteiger partial charge in [0.05, 0.1) is 5.75 Å². The lowest BCUT2D eigenvalue weighted by molar-refractivity contribution is 0.551. The van der Waals surface area contributed by atoms with Crippen LogP contribution in [-0.4, -0.2) is 14.2 Å². The number of hydrogen-bond donors (Lipinski definition) is 0. The van der Waals surface area contributed by atoms with Crippen LogP contribution in [0.25, 0.3) is 0 Å². The van der Waals surface area contributed by atoms with Gasteiger partial charge in [0.15, 0.2) is 0 Å². The van der Waals surface area contributed by atoms with Gasteiger partial charge in [-0.2, -0.15) is 8.42 Å². The van der Waals surface area contributed by atoms with E-state index in [1.165, 1.54) is 11.3 Å². The molecule has 0 spiro atoms. The first-order valence-electron chi connectivity index (χ1n) is 3.55. The van der Waals surface area contributed by atoms with Gasteiger partial charge in [0.2, 0.25) is 0 Å². The lowest BCUT2D eigenvalue weighted by atomic mass is 10.4. The molecule has 0 atom stereocenters. The maximum Gasteiger partial charge on any atom is 0.302 e. The van der Waals surface area contributed by atoms with Crippen LogP contribution in [0.2, 0.25) is 0 Å². The predicted octanol–water partition coefficient (Wildman–Crippen LogP) is 2.66. The molecule has 1 rings (SSSR count). The van der Waals surface area contributed by atoms with Gasteiger partial charge < -0.3 is 0 Å². The Kier molecular flexibility index (Phi) is 3.48. The van der Waals surface area contributed by atoms with Crippen LogP contribution in [0.4, 0.5) is 3.89 Å². The molecule has 13 heavy (non-hydrogen) atoms. The molecule has 1 aromatic rings. The fraction of sp³-hybridized carbons (Fsp3) is 0.429. The van der Waals surface area contributed by atoms with Gasteiger partial charge in [0.1, 0.15) is 0 Å². The van der Waals surface area contributed by atoms with Crippen molar-refractivity contribution in [2.75, 3.05) is 5.75 Å². The van der Waals surface area contributed by atoms with Crippen molar-refractivity contribution < 1.29 is 12.3 Å². The van der Waals surface area contributed by atoms with Gasteiger partial charge in [-0.05, 0) is 35.3 Å². The summed E-state index contributed by atoms with van der Waals surface area (Å²) in [6.45, 7) is 1.92. The zero-order chi connectivity index (χ0) is 10.1. The van der Waals surface area contributed by atoms with Crippen molar-refractivity contribution in [3.05, 3.63) is 20.3 Å². The summed E-state index contributed by atoms with van der Waals surface area (Å²) < 4.78 is 33.5. The Morgan fingerprint density at radius 2 is 2.23 bits per heavy atom. The largest absolute Gasteiger partial charge is 0.302 e. The van der Waals surface area contributed by atoms with Crippen molar-refractivity contribution in [1.29, 1.82) is 0 Å². The molecule has 0 saturated heterocycles. The minimum Gasteiger partial charge on any atom is -0.195 e. The van der Waals surface area contributed by atoms with Crippen molar-refractivity contribution >= 4 is 37.5 Å². The summed E-state index contributed by atoms with van der Waals surface area (Å²) >= 11 is 4.76. The number of aryl methyl sites for hydroxylation is 2. The van der Waals surface area contributed by atoms with Gasteiger partial charge in [-0.1, -0.05) is 0 Å². The minimum absolute atomic E-state index is 0.234. The second-order valence-corrected chi connectivity index (χ2v) is 6.30. The molecule has 1 heterocycles. The van der Waals surface area contributed by atoms with Crippen LogP contribution < -0.4 is 0 Å². The van der Waals surface area contributed by atoms with E-state index in [-0.39, 0.29) is 6.42 Å². The van der Waals surface area contributed by atoms with E-state index in [4.69, 9.17) is 0 Å². The molecule has 0 aliphatic heterocycles. The van der Waals surface area contributed by atoms with Gasteiger partial charge in [-0.15, -0.1) is 15.2 Å². The molecular formula is C7H8BrFO2S2. The second-order valence-electron chi connectivity index (χ2n) is 2.62. The number of halogens is 2. The van der Waals surface area contributed by atoms with Gasteiger partial charge >= 0.3 is 10.2 Å². The van der Waals surface area contributed by atoms with Gasteiger partial charge in [-0.3, -0.25) is 0 Å². The third-order valence-electron chi connectivity index (χ3n) is 1.45. The first-order valence-corrected chi connectivity index (χ1v) is 6.72. The lowest BCUT2D eigenvalue weighted by Crippen LogP contribution is -2.00. The fourth-order valence-electron chi connectivity index (χ4n) is 0.917. The van der Waals surface area contributed by atoms with Gasteiger partial charge in [-0.25, -0.2) is 0 Å². The smallest absolute Gasteiger partial charge is 0.195 e. The van der Waals surface area contributed by atoms with Crippen LogP contribution in [0.1, 0.15) is 9.75 Å². The average Bonchev–Trinajstić information content (AvgIpc) is 2.24. The molecule has 0 unspecified atom stereocenters. The highest BCUT2D eigenvalue weighted by Gasteiger charge is 2.11. The summed E-state index contributed by atoms with van der Waals surface area (Å²) in [5, 5.41) is 0. The Balaban J connectivity index is 2.70. The molecule has 0 aliphatic carbocycles. The van der Waals surface area contributed by atoms with Crippen LogP contribution >= 0.6 is 27.3 Å². The van der Waals surface area contributed by atoms with Crippen LogP contribution in [0.5, 0.6) is 0 Å². The van der Waals surface area contributed by atoms with E-state index in [2.05, 4.69) is 15.9 Å². The SMILES string of the molecule is Cc1cc(Br)c(CCS(=O)(=O)F)s1. The first kappa shape index (κ1) is 11.1. The van der Waals surface area contributed by atoms with E-state index in [9.17, 15) is 12.3 Å². The van der Waals surface area contributed by atoms with Gasteiger partial charge in [0, 0.05) is 14.2 Å². The summed E-state index contributed by atoms with van der Waals surface area (Å²) in [5.41, 5.74) is 0. The van der Waals surface area contributed by atoms with Crippen molar-refractivity contribution in [3.8, 4) is 0 Å². The van der Waals surface area contributed by atoms with Crippen molar-refractivity contribution in [2.24, 2.45) is 0 Å². The molecule has 0 radical (unpaired) electrons. The molecule has 0 N–H and O–H groups in total. The Morgan fingerprint density at radius 1 is 1.62 bits per heavy atom. The molecule has 0 fully saturated rings. The van der Waals surface area contributed by atoms with E-state index in [1.54, 1.807) is 0 Å². The summed E-state index contributed by atoms with van der Waals surface area (Å²) in [5.74, 6) is -0.439. The van der Waals surface area contributed by atoms with Crippen LogP contribution in [0, 0.1) is 6.92 Å². The maximum atomic E-state index is 12.2. The normalized spacial score (nSPS) is 11.9. The molecule has 6 heteroatoms. The monoisotopic (exact) mass is 286 g/mol. The lowest BCUT2D eigenvalue weighted by Gasteiger charge is -1.94. The van der Waals surface area contributed by atoms with Crippen LogP contribution in [0.15, 0.2) is 10.5 Å². The summed E-state index contributed by atoms with van der Waals surface area (Å²) in [4.78, 5) is 1.96. The summed E-state index contributed by atoms with van der Waals surface area (Å²) in [6.07, 6.45) is 0.234. The topological polar surface area (TPSA) is 34.1 Å². The highest BCUT2D eigenvalue weighted by molar-refractivity contribution is 9.10. The van der Waals surface area contributed by atoms with E-state index < -0.39 is 16.0 Å². The van der Waals surface area contributed by atoms with E-state index in [1.807, 2.05) is 13.0 Å². The molecular weight excluding hydrogens is 279 g/mol. The Labute approximate surface area is 89.1 Å². The Morgan fingerprint density at radius 3 is 2.62 bits per heavy atom. The summed E-state index contributed by atoms with van der Waals surface area (Å²) in [7, 11) is -4.34. The number of hydrogen-bond acceptors (Lipinski definition) is 3. The number of thiophene rings is 1. The quantitative estimate of drug-likeness (QED) is 0.801. The fourth-order valence-corrected chi connectivity index (χ4v) is 3.36. The third kappa shape index (κ3) is 3.74. The summed E-state index contributed by atoms with van der Waals surface area (Å²) in [6, 6.07) is 1.89. The van der Waals surface area contributed by atoms with Crippen molar-refractivity contribution in [1.82, 2.24) is 0 Å². The Bertz CT molecular complexity index is 397. The zero-order valence-corrected chi connectivity index (χ0v) is 10.1. The second kappa shape index (κ2) is 4.06. The highest BCUT2D eigenvalue weighted by Crippen LogP contribution is 2.27. The third-order valence-corrected chi connectivity index (χ3v) is 4.23. The minimum atomic E-state index is -4.34. The molecule has 0 aromatic carbocycles. The number of rotatable bonds is 3. The van der Waals surface area contributed by atoms with Crippen LogP contribution in [-0.2, 0) is 16.6 Å². The average molecular weight is 287 g/mol. The molecule has 0 amide bonds. The van der Waals surface area contributed by atoms with E-state index >= 15 is 0 Å². The van der Waals surface area contributed by atoms with Crippen LogP contribution in [0.3, 0.4) is 0 Å². The predicted molar refractivity (Wildman–Crippen MR) is 55.4 cm³/mol. The van der Waals surface area contributed by atoms with Crippen molar-refractivity contribution in [2.45, 2.75) is 13.3 Å². The molecule has 74 valence electrons. The van der Waals surface area contributed by atoms with Gasteiger partial charge in [0.25, 0.3) is 0 Å². The first-order chi connectivity index (χ1) is 5.88. The van der Waals surface area contributed by atoms with Crippen molar-refractivity contribution in [3.63, 3.8) is 0 Å².